The van der Waals surface area contributed by atoms with Crippen LogP contribution in [0.25, 0.3) is 0 Å². The second-order valence-electron chi connectivity index (χ2n) is 14.8. The molecule has 2 unspecified atom stereocenters. The number of carbonyl (C=O) groups is 2. The molecule has 0 aliphatic heterocycles. The van der Waals surface area contributed by atoms with Crippen LogP contribution in [0.2, 0.25) is 0 Å². The summed E-state index contributed by atoms with van der Waals surface area (Å²) in [7, 11) is -3.20. The average Bonchev–Trinajstić information content (AvgIpc) is 3.16. The van der Waals surface area contributed by atoms with Crippen LogP contribution in [0, 0.1) is 0 Å². The summed E-state index contributed by atoms with van der Waals surface area (Å²) in [6.45, 7) is 3.79. The summed E-state index contributed by atoms with van der Waals surface area (Å²) in [6, 6.07) is 0. The molecule has 0 aliphatic rings. The van der Waals surface area contributed by atoms with Gasteiger partial charge in [0.1, 0.15) is 6.61 Å². The maximum atomic E-state index is 12.5. The molecular weight excluding hydrogens is 699 g/mol. The van der Waals surface area contributed by atoms with Crippen molar-refractivity contribution in [3.8, 4) is 0 Å². The van der Waals surface area contributed by atoms with Gasteiger partial charge < -0.3 is 14.4 Å². The average molecular weight is 783 g/mol. The van der Waals surface area contributed by atoms with Gasteiger partial charge >= 0.3 is 19.8 Å². The molecule has 0 saturated heterocycles. The minimum atomic E-state index is -4.26. The largest absolute Gasteiger partial charge is 0.472 e. The van der Waals surface area contributed by atoms with E-state index in [1.165, 1.54) is 116 Å². The predicted octanol–water partition coefficient (Wildman–Crippen LogP) is 14.0. The van der Waals surface area contributed by atoms with E-state index in [9.17, 15) is 19.0 Å². The molecule has 1 N–H and O–H groups in total. The van der Waals surface area contributed by atoms with Gasteiger partial charge in [0.05, 0.1) is 6.61 Å². The molecule has 2 atom stereocenters. The molecule has 0 aromatic heterocycles. The van der Waals surface area contributed by atoms with E-state index >= 15 is 0 Å². The van der Waals surface area contributed by atoms with E-state index < -0.39 is 26.5 Å². The lowest BCUT2D eigenvalue weighted by Gasteiger charge is -2.19. The summed E-state index contributed by atoms with van der Waals surface area (Å²) in [5.41, 5.74) is 0. The minimum absolute atomic E-state index is 0.226. The van der Waals surface area contributed by atoms with Crippen molar-refractivity contribution in [2.45, 2.75) is 219 Å². The molecule has 0 bridgehead atoms. The number of hydrogen-bond acceptors (Lipinski definition) is 7. The molecule has 0 amide bonds. The van der Waals surface area contributed by atoms with Gasteiger partial charge in [0.2, 0.25) is 0 Å². The van der Waals surface area contributed by atoms with E-state index in [0.717, 1.165) is 71.3 Å². The first-order valence-corrected chi connectivity index (χ1v) is 23.7. The molecule has 0 heterocycles. The van der Waals surface area contributed by atoms with Crippen LogP contribution in [0.15, 0.2) is 36.5 Å². The molecule has 0 aromatic rings. The van der Waals surface area contributed by atoms with Crippen LogP contribution in [-0.2, 0) is 32.7 Å². The number of esters is 2. The van der Waals surface area contributed by atoms with E-state index in [0.29, 0.717) is 12.8 Å². The van der Waals surface area contributed by atoms with Crippen LogP contribution < -0.4 is 0 Å². The van der Waals surface area contributed by atoms with Crippen molar-refractivity contribution in [1.82, 2.24) is 0 Å². The predicted molar refractivity (Wildman–Crippen MR) is 226 cm³/mol. The number of allylic oxidation sites excluding steroid dienone is 6. The monoisotopic (exact) mass is 783 g/mol. The van der Waals surface area contributed by atoms with Gasteiger partial charge in [-0.3, -0.25) is 18.6 Å². The highest BCUT2D eigenvalue weighted by molar-refractivity contribution is 7.47. The van der Waals surface area contributed by atoms with Crippen molar-refractivity contribution in [3.05, 3.63) is 36.5 Å². The summed E-state index contributed by atoms with van der Waals surface area (Å²) < 4.78 is 32.0. The van der Waals surface area contributed by atoms with E-state index in [1.54, 1.807) is 0 Å². The molecule has 0 radical (unpaired) electrons. The first-order chi connectivity index (χ1) is 26.3. The molecule has 9 heteroatoms. The molecule has 316 valence electrons. The number of unbranched alkanes of at least 4 members (excludes halogenated alkanes) is 24. The van der Waals surface area contributed by atoms with Crippen molar-refractivity contribution in [2.24, 2.45) is 0 Å². The zero-order chi connectivity index (χ0) is 39.6. The summed E-state index contributed by atoms with van der Waals surface area (Å²) in [6.07, 6.45) is 47.7. The van der Waals surface area contributed by atoms with Crippen LogP contribution in [0.5, 0.6) is 0 Å². The number of ether oxygens (including phenoxy) is 2. The first kappa shape index (κ1) is 52.3. The van der Waals surface area contributed by atoms with Crippen LogP contribution >= 0.6 is 7.82 Å². The summed E-state index contributed by atoms with van der Waals surface area (Å²) in [5, 5.41) is 0. The fourth-order valence-corrected chi connectivity index (χ4v) is 6.72. The molecule has 0 aliphatic carbocycles. The second kappa shape index (κ2) is 40.9. The summed E-state index contributed by atoms with van der Waals surface area (Å²) in [4.78, 5) is 34.5. The van der Waals surface area contributed by atoms with Gasteiger partial charge in [-0.25, -0.2) is 4.57 Å². The van der Waals surface area contributed by atoms with Crippen LogP contribution in [0.1, 0.15) is 213 Å². The standard InChI is InChI=1S/C45H83O8P/c1-4-6-8-10-12-14-16-18-20-22-24-25-27-29-31-33-35-37-39-44(46)51-41-43(42-52-54(48,49)50-3)53-45(47)40-38-36-34-32-30-28-26-23-21-19-17-15-13-11-9-7-5-2/h7,9,13,15,19,21,43H,4-6,8,10-12,14,16-18,20,22-42H2,1-3H3,(H,48,49)/b9-7-,15-13-,21-19-. The Balaban J connectivity index is 3.96. The third kappa shape index (κ3) is 39.9. The van der Waals surface area contributed by atoms with Crippen LogP contribution in [0.4, 0.5) is 0 Å². The van der Waals surface area contributed by atoms with E-state index in [1.807, 2.05) is 0 Å². The topological polar surface area (TPSA) is 108 Å². The highest BCUT2D eigenvalue weighted by Gasteiger charge is 2.24. The molecular formula is C45H83O8P. The number of phosphoric ester groups is 1. The smallest absolute Gasteiger partial charge is 0.462 e. The fourth-order valence-electron chi connectivity index (χ4n) is 6.26. The number of phosphoric acid groups is 1. The Labute approximate surface area is 332 Å². The Hall–Kier alpha value is -1.73. The van der Waals surface area contributed by atoms with Gasteiger partial charge in [0.15, 0.2) is 6.10 Å². The fraction of sp³-hybridized carbons (Fsp3) is 0.822. The molecule has 8 nitrogen and oxygen atoms in total. The highest BCUT2D eigenvalue weighted by Crippen LogP contribution is 2.42. The Bertz CT molecular complexity index is 979. The Morgan fingerprint density at radius 1 is 0.537 bits per heavy atom. The van der Waals surface area contributed by atoms with Gasteiger partial charge in [0, 0.05) is 20.0 Å². The van der Waals surface area contributed by atoms with E-state index in [2.05, 4.69) is 54.8 Å². The molecule has 0 aromatic carbocycles. The van der Waals surface area contributed by atoms with Gasteiger partial charge in [0.25, 0.3) is 0 Å². The number of rotatable bonds is 41. The Morgan fingerprint density at radius 2 is 0.944 bits per heavy atom. The van der Waals surface area contributed by atoms with Gasteiger partial charge in [-0.05, 0) is 44.9 Å². The Kier molecular flexibility index (Phi) is 39.6. The number of carbonyl (C=O) groups excluding carboxylic acids is 2. The van der Waals surface area contributed by atoms with Crippen molar-refractivity contribution in [2.75, 3.05) is 20.3 Å². The Morgan fingerprint density at radius 3 is 1.41 bits per heavy atom. The lowest BCUT2D eigenvalue weighted by atomic mass is 10.0. The lowest BCUT2D eigenvalue weighted by Crippen LogP contribution is -2.29. The third-order valence-electron chi connectivity index (χ3n) is 9.65. The van der Waals surface area contributed by atoms with Gasteiger partial charge in [-0.1, -0.05) is 192 Å². The molecule has 0 fully saturated rings. The second-order valence-corrected chi connectivity index (χ2v) is 16.4. The molecule has 0 spiro atoms. The van der Waals surface area contributed by atoms with Crippen molar-refractivity contribution in [1.29, 1.82) is 0 Å². The molecule has 0 saturated carbocycles. The number of hydrogen-bond donors (Lipinski definition) is 1. The quantitative estimate of drug-likeness (QED) is 0.0283. The first-order valence-electron chi connectivity index (χ1n) is 22.2. The van der Waals surface area contributed by atoms with E-state index in [4.69, 9.17) is 14.0 Å². The normalized spacial score (nSPS) is 13.6. The van der Waals surface area contributed by atoms with Crippen molar-refractivity contribution >= 4 is 19.8 Å². The summed E-state index contributed by atoms with van der Waals surface area (Å²) >= 11 is 0. The van der Waals surface area contributed by atoms with Crippen molar-refractivity contribution < 1.29 is 37.6 Å². The zero-order valence-electron chi connectivity index (χ0n) is 35.1. The SMILES string of the molecule is CC/C=C\C/C=C\C/C=C\CCCCCCCCCC(=O)OC(COC(=O)CCCCCCCCCCCCCCCCCCCC)COP(=O)(O)OC. The van der Waals surface area contributed by atoms with E-state index in [-0.39, 0.29) is 19.0 Å². The third-order valence-corrected chi connectivity index (χ3v) is 10.6. The maximum absolute atomic E-state index is 12.5. The van der Waals surface area contributed by atoms with Gasteiger partial charge in [-0.15, -0.1) is 0 Å². The minimum Gasteiger partial charge on any atom is -0.462 e. The van der Waals surface area contributed by atoms with Crippen molar-refractivity contribution in [3.63, 3.8) is 0 Å². The highest BCUT2D eigenvalue weighted by atomic mass is 31.2. The van der Waals surface area contributed by atoms with Crippen LogP contribution in [-0.4, -0.2) is 43.3 Å². The molecule has 0 rings (SSSR count). The maximum Gasteiger partial charge on any atom is 0.472 e. The summed E-state index contributed by atoms with van der Waals surface area (Å²) in [5.74, 6) is -0.807. The molecule has 54 heavy (non-hydrogen) atoms. The van der Waals surface area contributed by atoms with Gasteiger partial charge in [-0.2, -0.15) is 0 Å². The van der Waals surface area contributed by atoms with Crippen LogP contribution in [0.3, 0.4) is 0 Å². The zero-order valence-corrected chi connectivity index (χ0v) is 36.0. The lowest BCUT2D eigenvalue weighted by molar-refractivity contribution is -0.161.